The van der Waals surface area contributed by atoms with Gasteiger partial charge in [0.2, 0.25) is 0 Å². The lowest BCUT2D eigenvalue weighted by molar-refractivity contribution is -0.142. The molecule has 1 rings (SSSR count). The molecule has 9 heteroatoms. The topological polar surface area (TPSA) is 118 Å². The summed E-state index contributed by atoms with van der Waals surface area (Å²) in [5, 5.41) is 14.7. The minimum absolute atomic E-state index is 0.0326. The maximum Gasteiger partial charge on any atom is 0.326 e. The van der Waals surface area contributed by atoms with Gasteiger partial charge in [-0.3, -0.25) is 4.79 Å². The number of urea groups is 1. The normalized spacial score (nSPS) is 11.5. The fraction of sp³-hybridized carbons (Fsp3) is 0.500. The Morgan fingerprint density at radius 1 is 1.48 bits per heavy atom. The molecule has 8 nitrogen and oxygen atoms in total. The quantitative estimate of drug-likeness (QED) is 0.636. The number of hydrogen-bond donors (Lipinski definition) is 3. The van der Waals surface area contributed by atoms with E-state index >= 15 is 0 Å². The van der Waals surface area contributed by atoms with Crippen LogP contribution in [0.4, 0.5) is 4.79 Å². The van der Waals surface area contributed by atoms with Gasteiger partial charge in [0.15, 0.2) is 0 Å². The van der Waals surface area contributed by atoms with Crippen molar-refractivity contribution in [2.45, 2.75) is 32.4 Å². The molecule has 21 heavy (non-hydrogen) atoms. The number of amides is 2. The van der Waals surface area contributed by atoms with Gasteiger partial charge in [-0.25, -0.2) is 14.6 Å². The Kier molecular flexibility index (Phi) is 6.60. The highest BCUT2D eigenvalue weighted by Crippen LogP contribution is 2.10. The van der Waals surface area contributed by atoms with Crippen LogP contribution in [0.1, 0.15) is 22.7 Å². The second-order valence-corrected chi connectivity index (χ2v) is 5.50. The third-order valence-corrected chi connectivity index (χ3v) is 3.47. The number of hydrogen-bond acceptors (Lipinski definition) is 6. The lowest BCUT2D eigenvalue weighted by atomic mass is 10.1. The van der Waals surface area contributed by atoms with Crippen molar-refractivity contribution in [3.05, 3.63) is 16.1 Å². The number of carboxylic acids is 1. The van der Waals surface area contributed by atoms with Crippen LogP contribution in [-0.4, -0.2) is 41.2 Å². The highest BCUT2D eigenvalue weighted by molar-refractivity contribution is 7.11. The van der Waals surface area contributed by atoms with Crippen LogP contribution in [0.25, 0.3) is 0 Å². The summed E-state index contributed by atoms with van der Waals surface area (Å²) in [6.07, 6.45) is 1.53. The number of aromatic nitrogens is 1. The molecule has 0 radical (unpaired) electrons. The van der Waals surface area contributed by atoms with E-state index < -0.39 is 24.0 Å². The summed E-state index contributed by atoms with van der Waals surface area (Å²) in [5.41, 5.74) is 0. The van der Waals surface area contributed by atoms with Gasteiger partial charge in [-0.05, 0) is 13.3 Å². The zero-order valence-corrected chi connectivity index (χ0v) is 12.5. The minimum atomic E-state index is -1.21. The Labute approximate surface area is 125 Å². The summed E-state index contributed by atoms with van der Waals surface area (Å²) >= 11 is 1.44. The van der Waals surface area contributed by atoms with E-state index in [1.807, 2.05) is 6.92 Å². The van der Waals surface area contributed by atoms with Crippen molar-refractivity contribution in [2.24, 2.45) is 0 Å². The number of aliphatic carboxylic acids is 1. The van der Waals surface area contributed by atoms with Gasteiger partial charge in [0.05, 0.1) is 18.7 Å². The molecule has 116 valence electrons. The highest BCUT2D eigenvalue weighted by atomic mass is 32.1. The molecule has 0 saturated carbocycles. The number of carbonyl (C=O) groups is 3. The predicted octanol–water partition coefficient (Wildman–Crippen LogP) is 0.657. The number of thiazole rings is 1. The molecule has 3 N–H and O–H groups in total. The van der Waals surface area contributed by atoms with Gasteiger partial charge in [0.1, 0.15) is 6.04 Å². The molecule has 0 saturated heterocycles. The number of esters is 1. The van der Waals surface area contributed by atoms with Gasteiger partial charge in [0.25, 0.3) is 0 Å². The van der Waals surface area contributed by atoms with Crippen LogP contribution >= 0.6 is 11.3 Å². The van der Waals surface area contributed by atoms with Crippen LogP contribution in [-0.2, 0) is 20.9 Å². The molecule has 1 aromatic heterocycles. The van der Waals surface area contributed by atoms with Crippen LogP contribution in [0.15, 0.2) is 6.20 Å². The van der Waals surface area contributed by atoms with E-state index in [0.29, 0.717) is 0 Å². The summed E-state index contributed by atoms with van der Waals surface area (Å²) in [6.45, 7) is 2.11. The first-order valence-electron chi connectivity index (χ1n) is 6.17. The fourth-order valence-corrected chi connectivity index (χ4v) is 2.22. The number of nitrogens with zero attached hydrogens (tertiary/aromatic N) is 1. The second kappa shape index (κ2) is 8.20. The molecule has 0 fully saturated rings. The lowest BCUT2D eigenvalue weighted by Crippen LogP contribution is -2.45. The molecule has 2 amide bonds. The van der Waals surface area contributed by atoms with E-state index in [2.05, 4.69) is 20.4 Å². The molecule has 0 aliphatic heterocycles. The van der Waals surface area contributed by atoms with E-state index in [1.54, 1.807) is 6.20 Å². The Morgan fingerprint density at radius 3 is 2.71 bits per heavy atom. The van der Waals surface area contributed by atoms with E-state index in [-0.39, 0.29) is 19.4 Å². The predicted molar refractivity (Wildman–Crippen MR) is 74.9 cm³/mol. The fourth-order valence-electron chi connectivity index (χ4n) is 1.49. The van der Waals surface area contributed by atoms with Crippen LogP contribution in [0.3, 0.4) is 0 Å². The van der Waals surface area contributed by atoms with Crippen molar-refractivity contribution in [1.29, 1.82) is 0 Å². The van der Waals surface area contributed by atoms with Crippen LogP contribution in [0.2, 0.25) is 0 Å². The molecule has 0 unspecified atom stereocenters. The molecule has 0 aromatic carbocycles. The molecule has 0 spiro atoms. The van der Waals surface area contributed by atoms with Crippen molar-refractivity contribution < 1.29 is 24.2 Å². The molecular weight excluding hydrogens is 298 g/mol. The van der Waals surface area contributed by atoms with E-state index in [9.17, 15) is 14.4 Å². The van der Waals surface area contributed by atoms with E-state index in [4.69, 9.17) is 5.11 Å². The van der Waals surface area contributed by atoms with Crippen molar-refractivity contribution >= 4 is 29.3 Å². The number of nitrogens with one attached hydrogen (secondary N) is 2. The zero-order valence-electron chi connectivity index (χ0n) is 11.7. The third-order valence-electron chi connectivity index (χ3n) is 2.56. The van der Waals surface area contributed by atoms with E-state index in [0.717, 1.165) is 9.88 Å². The van der Waals surface area contributed by atoms with E-state index in [1.165, 1.54) is 18.4 Å². The molecule has 0 bridgehead atoms. The SMILES string of the molecule is COC(=O)CC[C@@H](NC(=O)NCc1cnc(C)s1)C(=O)O. The number of carboxylic acid groups (broad SMARTS) is 1. The summed E-state index contributed by atoms with van der Waals surface area (Å²) in [7, 11) is 1.22. The maximum absolute atomic E-state index is 11.6. The standard InChI is InChI=1S/C12H17N3O5S/c1-7-13-5-8(21-7)6-14-12(19)15-9(11(17)18)3-4-10(16)20-2/h5,9H,3-4,6H2,1-2H3,(H,17,18)(H2,14,15,19)/t9-/m1/s1. The van der Waals surface area contributed by atoms with Crippen molar-refractivity contribution in [2.75, 3.05) is 7.11 Å². The Morgan fingerprint density at radius 2 is 2.19 bits per heavy atom. The number of rotatable bonds is 7. The van der Waals surface area contributed by atoms with Gasteiger partial charge in [-0.2, -0.15) is 0 Å². The summed E-state index contributed by atoms with van der Waals surface area (Å²) in [4.78, 5) is 38.5. The summed E-state index contributed by atoms with van der Waals surface area (Å²) < 4.78 is 4.43. The minimum Gasteiger partial charge on any atom is -0.480 e. The molecule has 1 aromatic rings. The lowest BCUT2D eigenvalue weighted by Gasteiger charge is -2.14. The molecule has 1 atom stereocenters. The van der Waals surface area contributed by atoms with Crippen molar-refractivity contribution in [3.8, 4) is 0 Å². The Balaban J connectivity index is 2.41. The first kappa shape index (κ1) is 16.9. The van der Waals surface area contributed by atoms with Gasteiger partial charge < -0.3 is 20.5 Å². The average molecular weight is 315 g/mol. The van der Waals surface area contributed by atoms with Crippen LogP contribution < -0.4 is 10.6 Å². The first-order chi connectivity index (χ1) is 9.92. The third kappa shape index (κ3) is 6.21. The summed E-state index contributed by atoms with van der Waals surface area (Å²) in [6, 6.07) is -1.76. The van der Waals surface area contributed by atoms with Crippen LogP contribution in [0, 0.1) is 6.92 Å². The molecular formula is C12H17N3O5S. The van der Waals surface area contributed by atoms with Crippen LogP contribution in [0.5, 0.6) is 0 Å². The zero-order chi connectivity index (χ0) is 15.8. The van der Waals surface area contributed by atoms with Crippen molar-refractivity contribution in [3.63, 3.8) is 0 Å². The second-order valence-electron chi connectivity index (χ2n) is 4.18. The molecule has 1 heterocycles. The van der Waals surface area contributed by atoms with Gasteiger partial charge in [-0.1, -0.05) is 0 Å². The summed E-state index contributed by atoms with van der Waals surface area (Å²) in [5.74, 6) is -1.73. The van der Waals surface area contributed by atoms with Gasteiger partial charge in [0, 0.05) is 17.5 Å². The Hall–Kier alpha value is -2.16. The number of methoxy groups -OCH3 is 1. The largest absolute Gasteiger partial charge is 0.480 e. The average Bonchev–Trinajstić information content (AvgIpc) is 2.86. The number of carbonyl (C=O) groups excluding carboxylic acids is 2. The monoisotopic (exact) mass is 315 g/mol. The van der Waals surface area contributed by atoms with Gasteiger partial charge >= 0.3 is 18.0 Å². The smallest absolute Gasteiger partial charge is 0.326 e. The van der Waals surface area contributed by atoms with Crippen molar-refractivity contribution in [1.82, 2.24) is 15.6 Å². The Bertz CT molecular complexity index is 517. The maximum atomic E-state index is 11.6. The molecule has 0 aliphatic rings. The first-order valence-corrected chi connectivity index (χ1v) is 6.99. The highest BCUT2D eigenvalue weighted by Gasteiger charge is 2.21. The van der Waals surface area contributed by atoms with Gasteiger partial charge in [-0.15, -0.1) is 11.3 Å². The number of ether oxygens (including phenoxy) is 1. The number of aryl methyl sites for hydroxylation is 1. The molecule has 0 aliphatic carbocycles.